The molecule has 0 amide bonds. The van der Waals surface area contributed by atoms with Crippen LogP contribution in [-0.2, 0) is 4.74 Å². The average Bonchev–Trinajstić information content (AvgIpc) is 2.50. The highest BCUT2D eigenvalue weighted by molar-refractivity contribution is 5.45. The number of aliphatic hydroxyl groups excluding tert-OH is 1. The zero-order valence-corrected chi connectivity index (χ0v) is 12.1. The molecule has 0 bridgehead atoms. The second-order valence-corrected chi connectivity index (χ2v) is 4.64. The van der Waals surface area contributed by atoms with Crippen molar-refractivity contribution in [1.29, 1.82) is 0 Å². The van der Waals surface area contributed by atoms with E-state index in [1.165, 1.54) is 0 Å². The molecule has 0 aliphatic carbocycles. The second-order valence-electron chi connectivity index (χ2n) is 4.64. The Morgan fingerprint density at radius 1 is 1.20 bits per heavy atom. The molecule has 2 rings (SSSR count). The lowest BCUT2D eigenvalue weighted by molar-refractivity contribution is 0.170. The van der Waals surface area contributed by atoms with Crippen LogP contribution >= 0.6 is 0 Å². The van der Waals surface area contributed by atoms with Crippen molar-refractivity contribution in [3.8, 4) is 11.5 Å². The van der Waals surface area contributed by atoms with Gasteiger partial charge in [0.25, 0.3) is 0 Å². The van der Waals surface area contributed by atoms with E-state index in [0.717, 1.165) is 30.6 Å². The van der Waals surface area contributed by atoms with E-state index in [2.05, 4.69) is 0 Å². The Balaban J connectivity index is 2.22. The first-order valence-corrected chi connectivity index (χ1v) is 7.14. The van der Waals surface area contributed by atoms with E-state index < -0.39 is 6.10 Å². The molecule has 0 saturated heterocycles. The highest BCUT2D eigenvalue weighted by Gasteiger charge is 2.18. The van der Waals surface area contributed by atoms with Gasteiger partial charge in [-0.3, -0.25) is 0 Å². The van der Waals surface area contributed by atoms with Crippen LogP contribution in [0.4, 0.5) is 0 Å². The molecule has 0 aromatic heterocycles. The lowest BCUT2D eigenvalue weighted by atomic mass is 9.98. The van der Waals surface area contributed by atoms with Crippen molar-refractivity contribution >= 4 is 0 Å². The quantitative estimate of drug-likeness (QED) is 0.868. The van der Waals surface area contributed by atoms with E-state index in [9.17, 15) is 5.11 Å². The molecule has 1 aromatic carbocycles. The molecule has 4 nitrogen and oxygen atoms in total. The predicted molar refractivity (Wildman–Crippen MR) is 77.0 cm³/mol. The summed E-state index contributed by atoms with van der Waals surface area (Å²) < 4.78 is 16.4. The van der Waals surface area contributed by atoms with Gasteiger partial charge in [0.05, 0.1) is 26.1 Å². The Bertz CT molecular complexity index is 468. The summed E-state index contributed by atoms with van der Waals surface area (Å²) in [6.45, 7) is 5.73. The average molecular weight is 278 g/mol. The molecular formula is C16H22O4. The summed E-state index contributed by atoms with van der Waals surface area (Å²) in [6.07, 6.45) is 2.83. The third-order valence-corrected chi connectivity index (χ3v) is 3.20. The molecule has 0 spiro atoms. The highest BCUT2D eigenvalue weighted by Crippen LogP contribution is 2.34. The van der Waals surface area contributed by atoms with Crippen molar-refractivity contribution in [3.63, 3.8) is 0 Å². The first kappa shape index (κ1) is 14.7. The minimum Gasteiger partial charge on any atom is -0.501 e. The van der Waals surface area contributed by atoms with Crippen molar-refractivity contribution < 1.29 is 19.3 Å². The minimum atomic E-state index is -0.648. The summed E-state index contributed by atoms with van der Waals surface area (Å²) in [5.74, 6) is 1.38. The third-order valence-electron chi connectivity index (χ3n) is 3.20. The highest BCUT2D eigenvalue weighted by atomic mass is 16.5. The zero-order valence-electron chi connectivity index (χ0n) is 12.1. The maximum atomic E-state index is 10.4. The van der Waals surface area contributed by atoms with Crippen LogP contribution < -0.4 is 9.47 Å². The topological polar surface area (TPSA) is 47.9 Å². The SMILES string of the molecule is CCOc1ccc(C(O)C2=COCCC2)cc1OCC. The second kappa shape index (κ2) is 7.20. The number of hydrogen-bond donors (Lipinski definition) is 1. The van der Waals surface area contributed by atoms with Crippen molar-refractivity contribution in [1.82, 2.24) is 0 Å². The lowest BCUT2D eigenvalue weighted by Gasteiger charge is -2.20. The molecule has 1 atom stereocenters. The van der Waals surface area contributed by atoms with Crippen LogP contribution in [0.3, 0.4) is 0 Å². The molecule has 0 radical (unpaired) electrons. The van der Waals surface area contributed by atoms with Crippen LogP contribution in [0.1, 0.15) is 38.4 Å². The lowest BCUT2D eigenvalue weighted by Crippen LogP contribution is -2.08. The molecule has 1 aliphatic heterocycles. The van der Waals surface area contributed by atoms with Gasteiger partial charge < -0.3 is 19.3 Å². The van der Waals surface area contributed by atoms with E-state index in [-0.39, 0.29) is 0 Å². The summed E-state index contributed by atoms with van der Waals surface area (Å²) in [5, 5.41) is 10.4. The van der Waals surface area contributed by atoms with Crippen molar-refractivity contribution in [2.24, 2.45) is 0 Å². The molecular weight excluding hydrogens is 256 g/mol. The van der Waals surface area contributed by atoms with Gasteiger partial charge in [0.2, 0.25) is 0 Å². The maximum Gasteiger partial charge on any atom is 0.161 e. The monoisotopic (exact) mass is 278 g/mol. The van der Waals surface area contributed by atoms with Crippen LogP contribution in [0.15, 0.2) is 30.0 Å². The van der Waals surface area contributed by atoms with Gasteiger partial charge in [-0.25, -0.2) is 0 Å². The van der Waals surface area contributed by atoms with E-state index >= 15 is 0 Å². The van der Waals surface area contributed by atoms with Gasteiger partial charge >= 0.3 is 0 Å². The first-order valence-electron chi connectivity index (χ1n) is 7.14. The number of hydrogen-bond acceptors (Lipinski definition) is 4. The molecule has 4 heteroatoms. The summed E-state index contributed by atoms with van der Waals surface area (Å²) in [4.78, 5) is 0. The zero-order chi connectivity index (χ0) is 14.4. The van der Waals surface area contributed by atoms with E-state index in [4.69, 9.17) is 14.2 Å². The van der Waals surface area contributed by atoms with Crippen LogP contribution in [-0.4, -0.2) is 24.9 Å². The maximum absolute atomic E-state index is 10.4. The molecule has 1 aromatic rings. The molecule has 0 saturated carbocycles. The van der Waals surface area contributed by atoms with E-state index in [0.29, 0.717) is 24.7 Å². The van der Waals surface area contributed by atoms with Gasteiger partial charge in [-0.15, -0.1) is 0 Å². The number of benzene rings is 1. The van der Waals surface area contributed by atoms with Crippen LogP contribution in [0.5, 0.6) is 11.5 Å². The fourth-order valence-electron chi connectivity index (χ4n) is 2.24. The fourth-order valence-corrected chi connectivity index (χ4v) is 2.24. The fraction of sp³-hybridized carbons (Fsp3) is 0.500. The first-order chi connectivity index (χ1) is 9.76. The van der Waals surface area contributed by atoms with Gasteiger partial charge in [0, 0.05) is 0 Å². The van der Waals surface area contributed by atoms with Gasteiger partial charge in [0.15, 0.2) is 11.5 Å². The van der Waals surface area contributed by atoms with Gasteiger partial charge in [0.1, 0.15) is 6.10 Å². The number of aliphatic hydroxyl groups is 1. The van der Waals surface area contributed by atoms with Crippen molar-refractivity contribution in [2.45, 2.75) is 32.8 Å². The molecule has 0 fully saturated rings. The largest absolute Gasteiger partial charge is 0.501 e. The molecule has 1 heterocycles. The Kier molecular flexibility index (Phi) is 5.30. The Morgan fingerprint density at radius 2 is 1.95 bits per heavy atom. The number of rotatable bonds is 6. The Labute approximate surface area is 120 Å². The van der Waals surface area contributed by atoms with Crippen LogP contribution in [0.25, 0.3) is 0 Å². The predicted octanol–water partition coefficient (Wildman–Crippen LogP) is 3.21. The smallest absolute Gasteiger partial charge is 0.161 e. The molecule has 110 valence electrons. The molecule has 1 unspecified atom stereocenters. The van der Waals surface area contributed by atoms with Crippen molar-refractivity contribution in [3.05, 3.63) is 35.6 Å². The van der Waals surface area contributed by atoms with E-state index in [1.54, 1.807) is 6.26 Å². The summed E-state index contributed by atoms with van der Waals surface area (Å²) in [7, 11) is 0. The normalized spacial score (nSPS) is 16.1. The van der Waals surface area contributed by atoms with Crippen molar-refractivity contribution in [2.75, 3.05) is 19.8 Å². The van der Waals surface area contributed by atoms with Gasteiger partial charge in [-0.1, -0.05) is 6.07 Å². The number of ether oxygens (including phenoxy) is 3. The minimum absolute atomic E-state index is 0.561. The van der Waals surface area contributed by atoms with Crippen LogP contribution in [0, 0.1) is 0 Å². The molecule has 1 aliphatic rings. The molecule has 1 N–H and O–H groups in total. The summed E-state index contributed by atoms with van der Waals surface area (Å²) in [6, 6.07) is 5.56. The van der Waals surface area contributed by atoms with Gasteiger partial charge in [-0.2, -0.15) is 0 Å². The summed E-state index contributed by atoms with van der Waals surface area (Å²) in [5.41, 5.74) is 1.71. The third kappa shape index (κ3) is 3.45. The van der Waals surface area contributed by atoms with Gasteiger partial charge in [-0.05, 0) is 50.0 Å². The van der Waals surface area contributed by atoms with E-state index in [1.807, 2.05) is 32.0 Å². The Morgan fingerprint density at radius 3 is 2.60 bits per heavy atom. The standard InChI is InChI=1S/C16H22O4/c1-3-19-14-8-7-12(10-15(14)20-4-2)16(17)13-6-5-9-18-11-13/h7-8,10-11,16-17H,3-6,9H2,1-2H3. The summed E-state index contributed by atoms with van der Waals surface area (Å²) >= 11 is 0. The molecule has 20 heavy (non-hydrogen) atoms. The Hall–Kier alpha value is -1.68. The van der Waals surface area contributed by atoms with Crippen LogP contribution in [0.2, 0.25) is 0 Å².